The van der Waals surface area contributed by atoms with E-state index in [1.54, 1.807) is 14.2 Å². The minimum atomic E-state index is 0.106. The van der Waals surface area contributed by atoms with E-state index in [0.717, 1.165) is 23.5 Å². The molecule has 4 nitrogen and oxygen atoms in total. The minimum Gasteiger partial charge on any atom is -0.497 e. The van der Waals surface area contributed by atoms with Crippen LogP contribution < -0.4 is 14.8 Å². The molecule has 0 spiro atoms. The average molecular weight is 267 g/mol. The first-order chi connectivity index (χ1) is 9.12. The molecule has 2 unspecified atom stereocenters. The molecule has 0 aliphatic rings. The van der Waals surface area contributed by atoms with Gasteiger partial charge in [-0.1, -0.05) is 6.07 Å². The van der Waals surface area contributed by atoms with Crippen LogP contribution >= 0.6 is 0 Å². The standard InChI is InChI=1S/C15H25NO3/c1-11(8-9-17-4)19-15-10-13(18-5)6-7-14(15)12(2)16-3/h6-7,10-12,16H,8-9H2,1-5H3. The Labute approximate surface area is 116 Å². The lowest BCUT2D eigenvalue weighted by atomic mass is 10.1. The number of hydrogen-bond acceptors (Lipinski definition) is 4. The highest BCUT2D eigenvalue weighted by molar-refractivity contribution is 5.42. The van der Waals surface area contributed by atoms with Gasteiger partial charge in [0.1, 0.15) is 11.5 Å². The van der Waals surface area contributed by atoms with Gasteiger partial charge in [0, 0.05) is 37.8 Å². The summed E-state index contributed by atoms with van der Waals surface area (Å²) in [5.41, 5.74) is 1.13. The lowest BCUT2D eigenvalue weighted by Crippen LogP contribution is -2.18. The lowest BCUT2D eigenvalue weighted by molar-refractivity contribution is 0.134. The molecule has 0 fully saturated rings. The third-order valence-corrected chi connectivity index (χ3v) is 3.18. The molecule has 108 valence electrons. The van der Waals surface area contributed by atoms with Gasteiger partial charge in [0.15, 0.2) is 0 Å². The molecule has 1 rings (SSSR count). The smallest absolute Gasteiger partial charge is 0.128 e. The molecule has 4 heteroatoms. The van der Waals surface area contributed by atoms with Crippen molar-refractivity contribution in [1.82, 2.24) is 5.32 Å². The first kappa shape index (κ1) is 15.8. The largest absolute Gasteiger partial charge is 0.497 e. The average Bonchev–Trinajstić information content (AvgIpc) is 2.44. The molecule has 0 aromatic heterocycles. The van der Waals surface area contributed by atoms with Crippen LogP contribution in [0, 0.1) is 0 Å². The van der Waals surface area contributed by atoms with Crippen LogP contribution in [0.25, 0.3) is 0 Å². The summed E-state index contributed by atoms with van der Waals surface area (Å²) in [6, 6.07) is 6.16. The zero-order chi connectivity index (χ0) is 14.3. The molecule has 0 amide bonds. The number of ether oxygens (including phenoxy) is 3. The van der Waals surface area contributed by atoms with Crippen molar-refractivity contribution >= 4 is 0 Å². The van der Waals surface area contributed by atoms with Crippen molar-refractivity contribution in [3.8, 4) is 11.5 Å². The zero-order valence-corrected chi connectivity index (χ0v) is 12.5. The van der Waals surface area contributed by atoms with E-state index in [0.29, 0.717) is 6.61 Å². The van der Waals surface area contributed by atoms with Gasteiger partial charge in [-0.05, 0) is 27.0 Å². The molecule has 0 aliphatic heterocycles. The van der Waals surface area contributed by atoms with E-state index in [-0.39, 0.29) is 12.1 Å². The van der Waals surface area contributed by atoms with Gasteiger partial charge in [-0.25, -0.2) is 0 Å². The van der Waals surface area contributed by atoms with Gasteiger partial charge in [-0.2, -0.15) is 0 Å². The van der Waals surface area contributed by atoms with Crippen LogP contribution in [0.3, 0.4) is 0 Å². The van der Waals surface area contributed by atoms with Gasteiger partial charge in [-0.15, -0.1) is 0 Å². The first-order valence-electron chi connectivity index (χ1n) is 6.63. The summed E-state index contributed by atoms with van der Waals surface area (Å²) in [5.74, 6) is 1.67. The van der Waals surface area contributed by atoms with Crippen LogP contribution in [0.15, 0.2) is 18.2 Å². The van der Waals surface area contributed by atoms with Crippen LogP contribution in [-0.2, 0) is 4.74 Å². The van der Waals surface area contributed by atoms with Crippen molar-refractivity contribution in [1.29, 1.82) is 0 Å². The second kappa shape index (κ2) is 8.02. The fourth-order valence-corrected chi connectivity index (χ4v) is 1.82. The third-order valence-electron chi connectivity index (χ3n) is 3.18. The Bertz CT molecular complexity index is 382. The monoisotopic (exact) mass is 267 g/mol. The maximum Gasteiger partial charge on any atom is 0.128 e. The van der Waals surface area contributed by atoms with Gasteiger partial charge in [0.25, 0.3) is 0 Å². The van der Waals surface area contributed by atoms with Gasteiger partial charge in [0.2, 0.25) is 0 Å². The molecule has 0 heterocycles. The molecule has 19 heavy (non-hydrogen) atoms. The second-order valence-corrected chi connectivity index (χ2v) is 4.62. The highest BCUT2D eigenvalue weighted by Crippen LogP contribution is 2.30. The number of rotatable bonds is 8. The van der Waals surface area contributed by atoms with E-state index in [4.69, 9.17) is 14.2 Å². The molecule has 0 aliphatic carbocycles. The molecule has 0 saturated carbocycles. The van der Waals surface area contributed by atoms with Gasteiger partial charge in [-0.3, -0.25) is 0 Å². The Morgan fingerprint density at radius 1 is 1.21 bits per heavy atom. The molecular formula is C15H25NO3. The van der Waals surface area contributed by atoms with Crippen LogP contribution in [-0.4, -0.2) is 34.0 Å². The summed E-state index contributed by atoms with van der Waals surface area (Å²) in [6.07, 6.45) is 0.969. The molecule has 0 bridgehead atoms. The Morgan fingerprint density at radius 3 is 2.53 bits per heavy atom. The number of hydrogen-bond donors (Lipinski definition) is 1. The number of nitrogens with one attached hydrogen (secondary N) is 1. The normalized spacial score (nSPS) is 13.9. The Kier molecular flexibility index (Phi) is 6.67. The summed E-state index contributed by atoms with van der Waals surface area (Å²) in [7, 11) is 5.30. The number of benzene rings is 1. The number of methoxy groups -OCH3 is 2. The van der Waals surface area contributed by atoms with E-state index in [1.807, 2.05) is 32.2 Å². The SMILES string of the molecule is CNC(C)c1ccc(OC)cc1OC(C)CCOC. The van der Waals surface area contributed by atoms with Gasteiger partial charge >= 0.3 is 0 Å². The summed E-state index contributed by atoms with van der Waals surface area (Å²) < 4.78 is 16.4. The Hall–Kier alpha value is -1.26. The molecule has 1 aromatic carbocycles. The van der Waals surface area contributed by atoms with Crippen molar-refractivity contribution < 1.29 is 14.2 Å². The molecule has 1 aromatic rings. The topological polar surface area (TPSA) is 39.7 Å². The van der Waals surface area contributed by atoms with E-state index < -0.39 is 0 Å². The van der Waals surface area contributed by atoms with Crippen LogP contribution in [0.1, 0.15) is 31.9 Å². The highest BCUT2D eigenvalue weighted by atomic mass is 16.5. The predicted molar refractivity (Wildman–Crippen MR) is 77.1 cm³/mol. The van der Waals surface area contributed by atoms with E-state index >= 15 is 0 Å². The predicted octanol–water partition coefficient (Wildman–Crippen LogP) is 2.78. The fourth-order valence-electron chi connectivity index (χ4n) is 1.82. The summed E-state index contributed by atoms with van der Waals surface area (Å²) in [6.45, 7) is 4.85. The molecule has 0 radical (unpaired) electrons. The molecule has 0 saturated heterocycles. The third kappa shape index (κ3) is 4.73. The lowest BCUT2D eigenvalue weighted by Gasteiger charge is -2.21. The van der Waals surface area contributed by atoms with Crippen LogP contribution in [0.5, 0.6) is 11.5 Å². The second-order valence-electron chi connectivity index (χ2n) is 4.62. The molecular weight excluding hydrogens is 242 g/mol. The van der Waals surface area contributed by atoms with E-state index in [9.17, 15) is 0 Å². The van der Waals surface area contributed by atoms with Crippen LogP contribution in [0.4, 0.5) is 0 Å². The molecule has 2 atom stereocenters. The molecule has 1 N–H and O–H groups in total. The maximum absolute atomic E-state index is 6.01. The summed E-state index contributed by atoms with van der Waals surface area (Å²) in [4.78, 5) is 0. The van der Waals surface area contributed by atoms with Crippen molar-refractivity contribution in [3.63, 3.8) is 0 Å². The van der Waals surface area contributed by atoms with E-state index in [2.05, 4.69) is 12.2 Å². The van der Waals surface area contributed by atoms with Gasteiger partial charge in [0.05, 0.1) is 13.2 Å². The van der Waals surface area contributed by atoms with Crippen molar-refractivity contribution in [2.24, 2.45) is 0 Å². The zero-order valence-electron chi connectivity index (χ0n) is 12.5. The van der Waals surface area contributed by atoms with Crippen molar-refractivity contribution in [2.75, 3.05) is 27.9 Å². The quantitative estimate of drug-likeness (QED) is 0.786. The van der Waals surface area contributed by atoms with E-state index in [1.165, 1.54) is 0 Å². The Balaban J connectivity index is 2.87. The van der Waals surface area contributed by atoms with Crippen molar-refractivity contribution in [2.45, 2.75) is 32.4 Å². The fraction of sp³-hybridized carbons (Fsp3) is 0.600. The highest BCUT2D eigenvalue weighted by Gasteiger charge is 2.14. The summed E-state index contributed by atoms with van der Waals surface area (Å²) >= 11 is 0. The van der Waals surface area contributed by atoms with Crippen LogP contribution in [0.2, 0.25) is 0 Å². The minimum absolute atomic E-state index is 0.106. The maximum atomic E-state index is 6.01. The Morgan fingerprint density at radius 2 is 1.95 bits per heavy atom. The van der Waals surface area contributed by atoms with Gasteiger partial charge < -0.3 is 19.5 Å². The first-order valence-corrected chi connectivity index (χ1v) is 6.63. The summed E-state index contributed by atoms with van der Waals surface area (Å²) in [5, 5.41) is 3.23. The van der Waals surface area contributed by atoms with Crippen molar-refractivity contribution in [3.05, 3.63) is 23.8 Å².